The number of methoxy groups -OCH3 is 1. The predicted molar refractivity (Wildman–Crippen MR) is 71.0 cm³/mol. The van der Waals surface area contributed by atoms with Crippen LogP contribution >= 0.6 is 11.6 Å². The molecule has 1 fully saturated rings. The first-order valence-electron chi connectivity index (χ1n) is 6.38. The van der Waals surface area contributed by atoms with Crippen molar-refractivity contribution in [3.63, 3.8) is 0 Å². The van der Waals surface area contributed by atoms with Crippen LogP contribution in [0.1, 0.15) is 24.8 Å². The highest BCUT2D eigenvalue weighted by molar-refractivity contribution is 6.33. The van der Waals surface area contributed by atoms with E-state index in [4.69, 9.17) is 11.6 Å². The fourth-order valence-corrected chi connectivity index (χ4v) is 2.61. The zero-order chi connectivity index (χ0) is 15.6. The number of nitrogens with zero attached hydrogens (tertiary/aromatic N) is 1. The summed E-state index contributed by atoms with van der Waals surface area (Å²) in [7, 11) is 1.33. The normalized spacial score (nSPS) is 22.1. The Morgan fingerprint density at radius 2 is 2.19 bits per heavy atom. The minimum Gasteiger partial charge on any atom is -0.469 e. The summed E-state index contributed by atoms with van der Waals surface area (Å²) in [5, 5.41) is 2.89. The maximum Gasteiger partial charge on any atom is 0.417 e. The summed E-state index contributed by atoms with van der Waals surface area (Å²) >= 11 is 5.82. The Morgan fingerprint density at radius 1 is 1.48 bits per heavy atom. The zero-order valence-corrected chi connectivity index (χ0v) is 12.0. The van der Waals surface area contributed by atoms with Gasteiger partial charge in [0.25, 0.3) is 0 Å². The molecule has 1 heterocycles. The summed E-state index contributed by atoms with van der Waals surface area (Å²) in [6.45, 7) is 0. The van der Waals surface area contributed by atoms with Crippen molar-refractivity contribution in [1.29, 1.82) is 0 Å². The van der Waals surface area contributed by atoms with Crippen molar-refractivity contribution >= 4 is 23.4 Å². The van der Waals surface area contributed by atoms with Crippen LogP contribution in [0.4, 0.5) is 19.0 Å². The Balaban J connectivity index is 2.03. The van der Waals surface area contributed by atoms with E-state index in [1.807, 2.05) is 0 Å². The third kappa shape index (κ3) is 3.78. The molecule has 21 heavy (non-hydrogen) atoms. The minimum atomic E-state index is -4.47. The highest BCUT2D eigenvalue weighted by Gasteiger charge is 2.33. The second kappa shape index (κ2) is 6.09. The van der Waals surface area contributed by atoms with Gasteiger partial charge in [-0.1, -0.05) is 11.6 Å². The Bertz CT molecular complexity index is 537. The van der Waals surface area contributed by atoms with Crippen molar-refractivity contribution in [2.45, 2.75) is 31.5 Å². The van der Waals surface area contributed by atoms with Gasteiger partial charge in [0, 0.05) is 12.2 Å². The second-order valence-corrected chi connectivity index (χ2v) is 5.33. The monoisotopic (exact) mass is 322 g/mol. The molecule has 0 aromatic carbocycles. The van der Waals surface area contributed by atoms with Gasteiger partial charge in [0.2, 0.25) is 0 Å². The molecule has 2 atom stereocenters. The summed E-state index contributed by atoms with van der Waals surface area (Å²) in [4.78, 5) is 15.1. The van der Waals surface area contributed by atoms with Gasteiger partial charge in [-0.3, -0.25) is 4.79 Å². The van der Waals surface area contributed by atoms with Gasteiger partial charge in [0.05, 0.1) is 23.6 Å². The maximum absolute atomic E-state index is 12.5. The molecular formula is C13H14ClF3N2O2. The lowest BCUT2D eigenvalue weighted by atomic mass is 10.1. The summed E-state index contributed by atoms with van der Waals surface area (Å²) in [5.74, 6) is -0.272. The van der Waals surface area contributed by atoms with E-state index in [0.29, 0.717) is 19.3 Å². The minimum absolute atomic E-state index is 0.0594. The average Bonchev–Trinajstić information content (AvgIpc) is 2.87. The molecule has 8 heteroatoms. The highest BCUT2D eigenvalue weighted by Crippen LogP contribution is 2.34. The van der Waals surface area contributed by atoms with Crippen molar-refractivity contribution < 1.29 is 22.7 Å². The number of hydrogen-bond acceptors (Lipinski definition) is 4. The first-order chi connectivity index (χ1) is 9.81. The predicted octanol–water partition coefficient (Wildman–Crippen LogP) is 3.51. The molecule has 2 rings (SSSR count). The van der Waals surface area contributed by atoms with E-state index < -0.39 is 11.7 Å². The first kappa shape index (κ1) is 15.9. The number of rotatable bonds is 3. The third-order valence-electron chi connectivity index (χ3n) is 3.48. The topological polar surface area (TPSA) is 51.2 Å². The summed E-state index contributed by atoms with van der Waals surface area (Å²) in [6, 6.07) is 0.778. The molecule has 4 nitrogen and oxygen atoms in total. The number of anilines is 1. The standard InChI is InChI=1S/C13H14ClF3N2O2/c1-21-12(20)7-2-3-9(4-7)19-11-10(14)5-8(6-18-11)13(15,16)17/h5-7,9H,2-4H2,1H3,(H,18,19)/t7-,9+/m0/s1. The van der Waals surface area contributed by atoms with Gasteiger partial charge < -0.3 is 10.1 Å². The largest absolute Gasteiger partial charge is 0.469 e. The highest BCUT2D eigenvalue weighted by atomic mass is 35.5. The number of carbonyl (C=O) groups excluding carboxylic acids is 1. The Labute approximate surface area is 124 Å². The number of ether oxygens (including phenoxy) is 1. The van der Waals surface area contributed by atoms with Crippen LogP contribution in [-0.4, -0.2) is 24.1 Å². The van der Waals surface area contributed by atoms with Crippen LogP contribution in [0.5, 0.6) is 0 Å². The van der Waals surface area contributed by atoms with Crippen LogP contribution in [0, 0.1) is 5.92 Å². The van der Waals surface area contributed by atoms with Crippen LogP contribution in [0.25, 0.3) is 0 Å². The van der Waals surface area contributed by atoms with E-state index in [9.17, 15) is 18.0 Å². The molecule has 116 valence electrons. The molecule has 0 bridgehead atoms. The van der Waals surface area contributed by atoms with Crippen LogP contribution in [0.2, 0.25) is 5.02 Å². The Hall–Kier alpha value is -1.50. The molecule has 0 spiro atoms. The molecule has 0 amide bonds. The lowest BCUT2D eigenvalue weighted by Crippen LogP contribution is -2.20. The van der Waals surface area contributed by atoms with Gasteiger partial charge >= 0.3 is 12.1 Å². The van der Waals surface area contributed by atoms with Crippen molar-refractivity contribution in [3.05, 3.63) is 22.8 Å². The number of halogens is 4. The van der Waals surface area contributed by atoms with E-state index in [-0.39, 0.29) is 28.8 Å². The maximum atomic E-state index is 12.5. The molecule has 1 aliphatic carbocycles. The number of nitrogens with one attached hydrogen (secondary N) is 1. The molecular weight excluding hydrogens is 309 g/mol. The van der Waals surface area contributed by atoms with Crippen molar-refractivity contribution in [2.24, 2.45) is 5.92 Å². The second-order valence-electron chi connectivity index (χ2n) is 4.93. The van der Waals surface area contributed by atoms with Gasteiger partial charge in [-0.05, 0) is 25.3 Å². The molecule has 1 N–H and O–H groups in total. The third-order valence-corrected chi connectivity index (χ3v) is 3.76. The van der Waals surface area contributed by atoms with Crippen LogP contribution < -0.4 is 5.32 Å². The Morgan fingerprint density at radius 3 is 2.76 bits per heavy atom. The van der Waals surface area contributed by atoms with Crippen molar-refractivity contribution in [2.75, 3.05) is 12.4 Å². The number of carbonyl (C=O) groups is 1. The number of alkyl halides is 3. The quantitative estimate of drug-likeness (QED) is 0.865. The van der Waals surface area contributed by atoms with Crippen LogP contribution in [-0.2, 0) is 15.7 Å². The van der Waals surface area contributed by atoms with Gasteiger partial charge in [-0.25, -0.2) is 4.98 Å². The fraction of sp³-hybridized carbons (Fsp3) is 0.538. The lowest BCUT2D eigenvalue weighted by Gasteiger charge is -2.15. The molecule has 1 aromatic rings. The van der Waals surface area contributed by atoms with Crippen LogP contribution in [0.15, 0.2) is 12.3 Å². The van der Waals surface area contributed by atoms with Gasteiger partial charge in [0.1, 0.15) is 5.82 Å². The molecule has 0 radical (unpaired) electrons. The molecule has 1 saturated carbocycles. The molecule has 0 aliphatic heterocycles. The molecule has 1 aromatic heterocycles. The SMILES string of the molecule is COC(=O)[C@H]1CC[C@@H](Nc2ncc(C(F)(F)F)cc2Cl)C1. The fourth-order valence-electron chi connectivity index (χ4n) is 2.39. The lowest BCUT2D eigenvalue weighted by molar-refractivity contribution is -0.145. The summed E-state index contributed by atoms with van der Waals surface area (Å²) in [6.07, 6.45) is -1.81. The number of aromatic nitrogens is 1. The van der Waals surface area contributed by atoms with E-state index in [2.05, 4.69) is 15.0 Å². The average molecular weight is 323 g/mol. The Kier molecular flexibility index (Phi) is 4.61. The zero-order valence-electron chi connectivity index (χ0n) is 11.2. The van der Waals surface area contributed by atoms with Crippen LogP contribution in [0.3, 0.4) is 0 Å². The number of esters is 1. The van der Waals surface area contributed by atoms with Crippen molar-refractivity contribution in [3.8, 4) is 0 Å². The van der Waals surface area contributed by atoms with Gasteiger partial charge in [-0.2, -0.15) is 13.2 Å². The van der Waals surface area contributed by atoms with E-state index in [1.165, 1.54) is 7.11 Å². The number of hydrogen-bond donors (Lipinski definition) is 1. The van der Waals surface area contributed by atoms with Crippen molar-refractivity contribution in [1.82, 2.24) is 4.98 Å². The molecule has 1 aliphatic rings. The molecule has 0 unspecified atom stereocenters. The van der Waals surface area contributed by atoms with Gasteiger partial charge in [-0.15, -0.1) is 0 Å². The summed E-state index contributed by atoms with van der Waals surface area (Å²) in [5.41, 5.74) is -0.892. The van der Waals surface area contributed by atoms with Gasteiger partial charge in [0.15, 0.2) is 0 Å². The van der Waals surface area contributed by atoms with E-state index in [1.54, 1.807) is 0 Å². The van der Waals surface area contributed by atoms with E-state index >= 15 is 0 Å². The molecule has 0 saturated heterocycles. The van der Waals surface area contributed by atoms with E-state index in [0.717, 1.165) is 12.3 Å². The number of pyridine rings is 1. The first-order valence-corrected chi connectivity index (χ1v) is 6.76. The summed E-state index contributed by atoms with van der Waals surface area (Å²) < 4.78 is 42.2. The smallest absolute Gasteiger partial charge is 0.417 e.